The van der Waals surface area contributed by atoms with E-state index in [1.807, 2.05) is 0 Å². The number of benzene rings is 2. The molecule has 2 heteroatoms. The van der Waals surface area contributed by atoms with E-state index >= 15 is 0 Å². The van der Waals surface area contributed by atoms with Gasteiger partial charge in [-0.3, -0.25) is 0 Å². The van der Waals surface area contributed by atoms with Crippen molar-refractivity contribution >= 4 is 16.2 Å². The van der Waals surface area contributed by atoms with Crippen LogP contribution in [0.5, 0.6) is 0 Å². The first-order valence-corrected chi connectivity index (χ1v) is 17.9. The molecule has 4 aromatic rings. The summed E-state index contributed by atoms with van der Waals surface area (Å²) in [6.07, 6.45) is 3.68. The topological polar surface area (TPSA) is 0 Å². The molecule has 0 spiro atoms. The Morgan fingerprint density at radius 1 is 0.812 bits per heavy atom. The maximum atomic E-state index is 2.31. The van der Waals surface area contributed by atoms with Crippen LogP contribution in [0.3, 0.4) is 0 Å². The van der Waals surface area contributed by atoms with Gasteiger partial charge in [0.25, 0.3) is 0 Å². The second-order valence-electron chi connectivity index (χ2n) is 8.86. The predicted octanol–water partition coefficient (Wildman–Crippen LogP) is 8.99. The first kappa shape index (κ1) is 26.7. The third-order valence-corrected chi connectivity index (χ3v) is 5.97. The molecule has 0 N–H and O–H groups in total. The van der Waals surface area contributed by atoms with Crippen LogP contribution in [-0.4, -0.2) is 5.43 Å². The van der Waals surface area contributed by atoms with E-state index < -0.39 is 0 Å². The molecular formula is C30H38SiZr. The molecular weight excluding hydrogens is 480 g/mol. The van der Waals surface area contributed by atoms with Crippen LogP contribution >= 0.6 is 0 Å². The van der Waals surface area contributed by atoms with Crippen LogP contribution in [0.15, 0.2) is 66.7 Å². The molecule has 0 nitrogen and oxygen atoms in total. The largest absolute Gasteiger partial charge is 0.196 e. The molecule has 32 heavy (non-hydrogen) atoms. The van der Waals surface area contributed by atoms with Gasteiger partial charge in [0.05, 0.1) is 0 Å². The molecule has 0 heterocycles. The summed E-state index contributed by atoms with van der Waals surface area (Å²) >= 11 is 1.74. The summed E-state index contributed by atoms with van der Waals surface area (Å²) in [5.41, 5.74) is 10.2. The van der Waals surface area contributed by atoms with Gasteiger partial charge >= 0.3 is 41.9 Å². The maximum absolute atomic E-state index is 2.31. The van der Waals surface area contributed by atoms with E-state index in [1.54, 1.807) is 23.3 Å². The van der Waals surface area contributed by atoms with Crippen LogP contribution in [0.4, 0.5) is 0 Å². The molecule has 0 atom stereocenters. The second-order valence-corrected chi connectivity index (χ2v) is 18.2. The van der Waals surface area contributed by atoms with Gasteiger partial charge in [-0.25, -0.2) is 0 Å². The summed E-state index contributed by atoms with van der Waals surface area (Å²) < 4.78 is 0. The molecule has 4 rings (SSSR count). The summed E-state index contributed by atoms with van der Waals surface area (Å²) in [5, 5.41) is 2.70. The number of hydrogen-bond acceptors (Lipinski definition) is 0. The van der Waals surface area contributed by atoms with Gasteiger partial charge in [-0.15, -0.1) is 46.7 Å². The third kappa shape index (κ3) is 7.53. The number of hydrogen-bond donors (Lipinski definition) is 0. The van der Waals surface area contributed by atoms with Crippen LogP contribution < -0.4 is 0 Å². The van der Waals surface area contributed by atoms with Gasteiger partial charge in [-0.1, -0.05) is 82.5 Å². The Kier molecular flexibility index (Phi) is 11.1. The van der Waals surface area contributed by atoms with Gasteiger partial charge in [0.1, 0.15) is 0 Å². The van der Waals surface area contributed by atoms with Crippen molar-refractivity contribution in [2.75, 3.05) is 0 Å². The van der Waals surface area contributed by atoms with Crippen molar-refractivity contribution in [2.45, 2.75) is 67.0 Å². The van der Waals surface area contributed by atoms with Gasteiger partial charge in [0.15, 0.2) is 0 Å². The Hall–Kier alpha value is -1.50. The van der Waals surface area contributed by atoms with Gasteiger partial charge in [0, 0.05) is 0 Å². The first-order valence-electron chi connectivity index (χ1n) is 11.7. The monoisotopic (exact) mass is 516 g/mol. The van der Waals surface area contributed by atoms with Crippen molar-refractivity contribution in [3.8, 4) is 11.1 Å². The Morgan fingerprint density at radius 3 is 1.94 bits per heavy atom. The molecule has 0 unspecified atom stereocenters. The fourth-order valence-electron chi connectivity index (χ4n) is 3.89. The molecule has 0 radical (unpaired) electrons. The van der Waals surface area contributed by atoms with Crippen molar-refractivity contribution in [1.82, 2.24) is 0 Å². The van der Waals surface area contributed by atoms with Gasteiger partial charge in [-0.2, -0.15) is 28.3 Å². The summed E-state index contributed by atoms with van der Waals surface area (Å²) in [4.78, 5) is 0. The van der Waals surface area contributed by atoms with E-state index in [-0.39, 0.29) is 5.43 Å². The van der Waals surface area contributed by atoms with E-state index in [4.69, 9.17) is 0 Å². The van der Waals surface area contributed by atoms with Crippen molar-refractivity contribution < 1.29 is 23.3 Å². The molecule has 166 valence electrons. The Bertz CT molecular complexity index is 1120. The van der Waals surface area contributed by atoms with Gasteiger partial charge < -0.3 is 0 Å². The average Bonchev–Trinajstić information content (AvgIpc) is 3.29. The molecule has 0 amide bonds. The minimum absolute atomic E-state index is 0.210. The molecule has 0 fully saturated rings. The standard InChI is InChI=1S/C19H19.C9H13.C2H6Si.Zr/c1-2-3-8-15-9-4-6-11-17(15)19-14-13-16-10-5-7-12-18(16)19;1-6-5-7(2)9(4)8(6)3;1-3-2;/h4-7,9-14H,2-3,8H2,1H3;5H,1-4H3;1-2H3;/q2*-1;;+2. The van der Waals surface area contributed by atoms with Crippen LogP contribution in [0.25, 0.3) is 21.9 Å². The summed E-state index contributed by atoms with van der Waals surface area (Å²) in [5.74, 6) is 0. The van der Waals surface area contributed by atoms with Crippen LogP contribution in [0.2, 0.25) is 13.1 Å². The molecule has 0 aromatic heterocycles. The Labute approximate surface area is 211 Å². The minimum atomic E-state index is 0.210. The van der Waals surface area contributed by atoms with Crippen molar-refractivity contribution in [3.05, 3.63) is 94.5 Å². The first-order chi connectivity index (χ1) is 15.3. The smallest absolute Gasteiger partial charge is 0.0632 e. The normalized spacial score (nSPS) is 10.3. The fourth-order valence-corrected chi connectivity index (χ4v) is 3.89. The summed E-state index contributed by atoms with van der Waals surface area (Å²) in [6.45, 7) is 15.5. The fraction of sp³-hybridized carbons (Fsp3) is 0.333. The van der Waals surface area contributed by atoms with Crippen LogP contribution in [-0.2, 0) is 29.8 Å². The summed E-state index contributed by atoms with van der Waals surface area (Å²) in [6, 6.07) is 24.2. The minimum Gasteiger partial charge on any atom is -0.196 e. The van der Waals surface area contributed by atoms with E-state index in [2.05, 4.69) is 114 Å². The zero-order valence-electron chi connectivity index (χ0n) is 21.0. The van der Waals surface area contributed by atoms with E-state index in [0.29, 0.717) is 0 Å². The number of aryl methyl sites for hydroxylation is 3. The zero-order valence-corrected chi connectivity index (χ0v) is 24.4. The molecule has 0 aliphatic carbocycles. The van der Waals surface area contributed by atoms with Crippen molar-refractivity contribution in [2.24, 2.45) is 0 Å². The van der Waals surface area contributed by atoms with Gasteiger partial charge in [0.2, 0.25) is 0 Å². The number of rotatable bonds is 4. The van der Waals surface area contributed by atoms with Crippen molar-refractivity contribution in [3.63, 3.8) is 0 Å². The molecule has 0 aliphatic rings. The van der Waals surface area contributed by atoms with E-state index in [9.17, 15) is 0 Å². The van der Waals surface area contributed by atoms with E-state index in [0.717, 1.165) is 0 Å². The Morgan fingerprint density at radius 2 is 1.38 bits per heavy atom. The zero-order chi connectivity index (χ0) is 23.7. The predicted molar refractivity (Wildman–Crippen MR) is 142 cm³/mol. The second kappa shape index (κ2) is 13.3. The third-order valence-electron chi connectivity index (χ3n) is 5.97. The van der Waals surface area contributed by atoms with Crippen LogP contribution in [0.1, 0.15) is 47.6 Å². The average molecular weight is 518 g/mol. The molecule has 0 saturated heterocycles. The van der Waals surface area contributed by atoms with Crippen LogP contribution in [0, 0.1) is 27.7 Å². The molecule has 0 saturated carbocycles. The number of unbranched alkanes of at least 4 members (excludes halogenated alkanes) is 1. The Balaban J connectivity index is 0.000000233. The maximum Gasteiger partial charge on any atom is -0.0632 e. The number of fused-ring (bicyclic) bond motifs is 1. The SMILES string of the molecule is CCCCc1ccccc1-c1c[cH-]c2ccccc12.C[Si](C)=[Zr+2].Cc1[cH-]c(C)c(C)c1C. The van der Waals surface area contributed by atoms with Gasteiger partial charge in [-0.05, 0) is 12.8 Å². The summed E-state index contributed by atoms with van der Waals surface area (Å²) in [7, 11) is 0. The van der Waals surface area contributed by atoms with Crippen molar-refractivity contribution in [1.29, 1.82) is 0 Å². The van der Waals surface area contributed by atoms with E-state index in [1.165, 1.54) is 69.0 Å². The molecule has 0 bridgehead atoms. The molecule has 4 aromatic carbocycles. The quantitative estimate of drug-likeness (QED) is 0.187. The molecule has 0 aliphatic heterocycles.